The largest absolute Gasteiger partial charge is 0.381 e. The monoisotopic (exact) mass is 394 g/mol. The molecule has 3 heterocycles. The van der Waals surface area contributed by atoms with Gasteiger partial charge in [0.1, 0.15) is 0 Å². The maximum atomic E-state index is 6.03. The number of rotatable bonds is 5. The van der Waals surface area contributed by atoms with Gasteiger partial charge in [0.15, 0.2) is 0 Å². The van der Waals surface area contributed by atoms with Crippen molar-refractivity contribution in [2.75, 3.05) is 46.1 Å². The predicted octanol–water partition coefficient (Wildman–Crippen LogP) is 2.00. The number of halogens is 1. The highest BCUT2D eigenvalue weighted by atomic mass is 35.5. The van der Waals surface area contributed by atoms with E-state index in [1.54, 1.807) is 0 Å². The smallest absolute Gasteiger partial charge is 0.234 e. The Balaban J connectivity index is 0.00000210. The first kappa shape index (κ1) is 20.2. The van der Waals surface area contributed by atoms with Crippen molar-refractivity contribution in [3.63, 3.8) is 0 Å². The van der Waals surface area contributed by atoms with Crippen molar-refractivity contribution in [2.24, 2.45) is 5.73 Å². The third-order valence-electron chi connectivity index (χ3n) is 5.44. The highest BCUT2D eigenvalue weighted by molar-refractivity contribution is 5.85. The summed E-state index contributed by atoms with van der Waals surface area (Å²) in [5.41, 5.74) is 8.02. The highest BCUT2D eigenvalue weighted by Gasteiger charge is 2.38. The first-order valence-corrected chi connectivity index (χ1v) is 9.30. The van der Waals surface area contributed by atoms with Gasteiger partial charge in [-0.2, -0.15) is 4.98 Å². The van der Waals surface area contributed by atoms with Crippen LogP contribution in [-0.4, -0.2) is 61.1 Å². The third-order valence-corrected chi connectivity index (χ3v) is 5.44. The first-order valence-electron chi connectivity index (χ1n) is 9.30. The molecule has 2 aliphatic rings. The van der Waals surface area contributed by atoms with Crippen molar-refractivity contribution >= 4 is 12.4 Å². The summed E-state index contributed by atoms with van der Waals surface area (Å²) in [7, 11) is 0. The van der Waals surface area contributed by atoms with Crippen molar-refractivity contribution in [3.05, 3.63) is 35.7 Å². The van der Waals surface area contributed by atoms with Gasteiger partial charge in [-0.1, -0.05) is 29.4 Å². The molecule has 4 rings (SSSR count). The molecule has 1 aromatic heterocycles. The lowest BCUT2D eigenvalue weighted by Crippen LogP contribution is -2.40. The van der Waals surface area contributed by atoms with Crippen molar-refractivity contribution in [1.82, 2.24) is 15.0 Å². The maximum Gasteiger partial charge on any atom is 0.234 e. The van der Waals surface area contributed by atoms with Gasteiger partial charge in [0.2, 0.25) is 11.7 Å². The number of morpholine rings is 1. The van der Waals surface area contributed by atoms with E-state index in [4.69, 9.17) is 19.7 Å². The molecule has 2 aromatic rings. The van der Waals surface area contributed by atoms with Crippen LogP contribution in [0.3, 0.4) is 0 Å². The zero-order valence-corrected chi connectivity index (χ0v) is 16.2. The SMILES string of the molecule is Cl.NCC1(c2nc(-c3ccc(CN4CCOCC4)cc3)no2)CCOCC1. The molecule has 0 amide bonds. The molecule has 8 heteroatoms. The minimum atomic E-state index is -0.250. The molecule has 0 aliphatic carbocycles. The van der Waals surface area contributed by atoms with E-state index in [2.05, 4.69) is 39.3 Å². The fraction of sp³-hybridized carbons (Fsp3) is 0.579. The second-order valence-electron chi connectivity index (χ2n) is 7.11. The summed E-state index contributed by atoms with van der Waals surface area (Å²) in [6.45, 7) is 6.42. The fourth-order valence-corrected chi connectivity index (χ4v) is 3.60. The van der Waals surface area contributed by atoms with Gasteiger partial charge in [-0.3, -0.25) is 4.90 Å². The van der Waals surface area contributed by atoms with Crippen molar-refractivity contribution in [2.45, 2.75) is 24.8 Å². The lowest BCUT2D eigenvalue weighted by molar-refractivity contribution is 0.0342. The van der Waals surface area contributed by atoms with E-state index in [0.717, 1.165) is 51.3 Å². The van der Waals surface area contributed by atoms with Crippen molar-refractivity contribution in [1.29, 1.82) is 0 Å². The summed E-state index contributed by atoms with van der Waals surface area (Å²) in [6.07, 6.45) is 1.65. The van der Waals surface area contributed by atoms with Crippen LogP contribution in [0.5, 0.6) is 0 Å². The van der Waals surface area contributed by atoms with Gasteiger partial charge in [0.05, 0.1) is 18.6 Å². The third kappa shape index (κ3) is 4.50. The Labute approximate surface area is 165 Å². The van der Waals surface area contributed by atoms with Gasteiger partial charge in [0, 0.05) is 45.0 Å². The molecule has 0 atom stereocenters. The van der Waals surface area contributed by atoms with Gasteiger partial charge in [-0.25, -0.2) is 0 Å². The van der Waals surface area contributed by atoms with Crippen LogP contribution in [0.2, 0.25) is 0 Å². The van der Waals surface area contributed by atoms with Crippen LogP contribution in [0.1, 0.15) is 24.3 Å². The Bertz CT molecular complexity index is 710. The Kier molecular flexibility index (Phi) is 6.83. The molecule has 2 aliphatic heterocycles. The van der Waals surface area contributed by atoms with Crippen LogP contribution in [0, 0.1) is 0 Å². The Morgan fingerprint density at radius 1 is 1.00 bits per heavy atom. The highest BCUT2D eigenvalue weighted by Crippen LogP contribution is 2.33. The zero-order valence-electron chi connectivity index (χ0n) is 15.4. The standard InChI is InChI=1S/C19H26N4O3.ClH/c20-14-19(5-9-24-10-6-19)18-21-17(22-26-18)16-3-1-15(2-4-16)13-23-7-11-25-12-8-23;/h1-4H,5-14,20H2;1H. The Hall–Kier alpha value is -1.51. The van der Waals surface area contributed by atoms with Gasteiger partial charge < -0.3 is 19.7 Å². The van der Waals surface area contributed by atoms with E-state index in [1.807, 2.05) is 0 Å². The van der Waals surface area contributed by atoms with Crippen LogP contribution in [0.4, 0.5) is 0 Å². The average molecular weight is 395 g/mol. The quantitative estimate of drug-likeness (QED) is 0.829. The second-order valence-corrected chi connectivity index (χ2v) is 7.11. The molecule has 0 unspecified atom stereocenters. The topological polar surface area (TPSA) is 86.6 Å². The van der Waals surface area contributed by atoms with E-state index < -0.39 is 0 Å². The molecule has 2 fully saturated rings. The number of hydrogen-bond acceptors (Lipinski definition) is 7. The van der Waals surface area contributed by atoms with E-state index >= 15 is 0 Å². The number of hydrogen-bond donors (Lipinski definition) is 1. The fourth-order valence-electron chi connectivity index (χ4n) is 3.60. The van der Waals surface area contributed by atoms with E-state index in [9.17, 15) is 0 Å². The number of nitrogens with zero attached hydrogens (tertiary/aromatic N) is 3. The average Bonchev–Trinajstić information content (AvgIpc) is 3.21. The molecule has 0 saturated carbocycles. The molecule has 0 spiro atoms. The molecule has 148 valence electrons. The molecule has 7 nitrogen and oxygen atoms in total. The summed E-state index contributed by atoms with van der Waals surface area (Å²) in [6, 6.07) is 8.38. The number of ether oxygens (including phenoxy) is 2. The van der Waals surface area contributed by atoms with Crippen LogP contribution in [-0.2, 0) is 21.4 Å². The summed E-state index contributed by atoms with van der Waals surface area (Å²) < 4.78 is 16.4. The maximum absolute atomic E-state index is 6.03. The molecular weight excluding hydrogens is 368 g/mol. The Morgan fingerprint density at radius 2 is 1.67 bits per heavy atom. The molecular formula is C19H27ClN4O3. The number of nitrogens with two attached hydrogens (primary N) is 1. The summed E-state index contributed by atoms with van der Waals surface area (Å²) in [5, 5.41) is 4.19. The first-order chi connectivity index (χ1) is 12.8. The van der Waals surface area contributed by atoms with Gasteiger partial charge in [-0.05, 0) is 18.4 Å². The summed E-state index contributed by atoms with van der Waals surface area (Å²) in [5.74, 6) is 1.26. The number of benzene rings is 1. The molecule has 0 radical (unpaired) electrons. The molecule has 27 heavy (non-hydrogen) atoms. The van der Waals surface area contributed by atoms with E-state index in [0.29, 0.717) is 31.5 Å². The van der Waals surface area contributed by atoms with Crippen LogP contribution >= 0.6 is 12.4 Å². The Morgan fingerprint density at radius 3 is 2.33 bits per heavy atom. The second kappa shape index (κ2) is 9.12. The zero-order chi connectivity index (χ0) is 17.8. The van der Waals surface area contributed by atoms with E-state index in [1.165, 1.54) is 5.56 Å². The summed E-state index contributed by atoms with van der Waals surface area (Å²) in [4.78, 5) is 7.06. The van der Waals surface area contributed by atoms with E-state index in [-0.39, 0.29) is 17.8 Å². The lowest BCUT2D eigenvalue weighted by atomic mass is 9.80. The van der Waals surface area contributed by atoms with Crippen LogP contribution in [0.15, 0.2) is 28.8 Å². The molecule has 1 aromatic carbocycles. The lowest BCUT2D eigenvalue weighted by Gasteiger charge is -2.32. The molecule has 0 bridgehead atoms. The normalized spacial score (nSPS) is 20.2. The van der Waals surface area contributed by atoms with Gasteiger partial charge in [0.25, 0.3) is 0 Å². The van der Waals surface area contributed by atoms with Crippen molar-refractivity contribution < 1.29 is 14.0 Å². The van der Waals surface area contributed by atoms with Gasteiger partial charge in [-0.15, -0.1) is 12.4 Å². The van der Waals surface area contributed by atoms with Crippen molar-refractivity contribution in [3.8, 4) is 11.4 Å². The molecule has 2 N–H and O–H groups in total. The minimum absolute atomic E-state index is 0. The summed E-state index contributed by atoms with van der Waals surface area (Å²) >= 11 is 0. The molecule has 2 saturated heterocycles. The van der Waals surface area contributed by atoms with Crippen LogP contribution < -0.4 is 5.73 Å². The van der Waals surface area contributed by atoms with Crippen LogP contribution in [0.25, 0.3) is 11.4 Å². The van der Waals surface area contributed by atoms with Gasteiger partial charge >= 0.3 is 0 Å². The number of aromatic nitrogens is 2. The predicted molar refractivity (Wildman–Crippen MR) is 104 cm³/mol. The minimum Gasteiger partial charge on any atom is -0.381 e.